The van der Waals surface area contributed by atoms with E-state index in [4.69, 9.17) is 39.5 Å². The van der Waals surface area contributed by atoms with Gasteiger partial charge in [-0.2, -0.15) is 0 Å². The predicted octanol–water partition coefficient (Wildman–Crippen LogP) is 2.41. The van der Waals surface area contributed by atoms with Crippen LogP contribution < -0.4 is 10.6 Å². The molecule has 0 aliphatic rings. The summed E-state index contributed by atoms with van der Waals surface area (Å²) in [7, 11) is 1.57. The van der Waals surface area contributed by atoms with E-state index in [2.05, 4.69) is 10.6 Å². The lowest BCUT2D eigenvalue weighted by Gasteiger charge is -2.26. The molecular weight excluding hydrogens is 319 g/mol. The van der Waals surface area contributed by atoms with E-state index in [0.29, 0.717) is 18.0 Å². The van der Waals surface area contributed by atoms with Gasteiger partial charge < -0.3 is 10.1 Å². The molecule has 2 N–H and O–H groups in total. The molecule has 1 rings (SSSR count). The van der Waals surface area contributed by atoms with Crippen molar-refractivity contribution in [2.75, 3.05) is 20.3 Å². The summed E-state index contributed by atoms with van der Waals surface area (Å²) in [6.07, 6.45) is -0.785. The smallest absolute Gasteiger partial charge is 0.262 e. The number of rotatable bonds is 6. The molecule has 1 aromatic heterocycles. The molecule has 0 bridgehead atoms. The quantitative estimate of drug-likeness (QED) is 0.478. The van der Waals surface area contributed by atoms with Crippen LogP contribution in [0.2, 0.25) is 0 Å². The first-order valence-corrected chi connectivity index (χ1v) is 7.10. The molecule has 0 radical (unpaired) electrons. The largest absolute Gasteiger partial charge is 0.383 e. The number of carbonyl (C=O) groups is 1. The molecule has 0 aliphatic carbocycles. The third-order valence-corrected chi connectivity index (χ3v) is 3.53. The van der Waals surface area contributed by atoms with Crippen LogP contribution in [0.1, 0.15) is 9.67 Å². The maximum absolute atomic E-state index is 11.8. The topological polar surface area (TPSA) is 50.4 Å². The van der Waals surface area contributed by atoms with E-state index in [-0.39, 0.29) is 5.91 Å². The van der Waals surface area contributed by atoms with Crippen molar-refractivity contribution >= 4 is 52.0 Å². The highest BCUT2D eigenvalue weighted by Gasteiger charge is 2.33. The highest BCUT2D eigenvalue weighted by Crippen LogP contribution is 2.29. The van der Waals surface area contributed by atoms with Gasteiger partial charge in [-0.05, 0) is 11.4 Å². The number of alkyl halides is 3. The number of methoxy groups -OCH3 is 1. The number of halogens is 3. The Hall–Kier alpha value is -0.0400. The fourth-order valence-electron chi connectivity index (χ4n) is 1.16. The Morgan fingerprint density at radius 2 is 2.28 bits per heavy atom. The van der Waals surface area contributed by atoms with Crippen molar-refractivity contribution in [2.45, 2.75) is 9.96 Å². The molecule has 0 spiro atoms. The molecule has 0 saturated carbocycles. The maximum Gasteiger partial charge on any atom is 0.262 e. The highest BCUT2D eigenvalue weighted by atomic mass is 35.6. The summed E-state index contributed by atoms with van der Waals surface area (Å²) in [6.45, 7) is 0.909. The van der Waals surface area contributed by atoms with Crippen LogP contribution in [0.25, 0.3) is 0 Å². The van der Waals surface area contributed by atoms with E-state index in [1.165, 1.54) is 11.3 Å². The summed E-state index contributed by atoms with van der Waals surface area (Å²) < 4.78 is 3.24. The molecule has 8 heteroatoms. The maximum atomic E-state index is 11.8. The summed E-state index contributed by atoms with van der Waals surface area (Å²) >= 11 is 18.7. The lowest BCUT2D eigenvalue weighted by molar-refractivity contribution is 0.0930. The lowest BCUT2D eigenvalue weighted by Crippen LogP contribution is -2.54. The van der Waals surface area contributed by atoms with Crippen LogP contribution in [0.4, 0.5) is 0 Å². The molecule has 1 unspecified atom stereocenters. The third kappa shape index (κ3) is 5.30. The lowest BCUT2D eigenvalue weighted by atomic mass is 10.4. The number of carbonyl (C=O) groups excluding carboxylic acids is 1. The average molecular weight is 332 g/mol. The van der Waals surface area contributed by atoms with Crippen LogP contribution in [0.15, 0.2) is 17.5 Å². The van der Waals surface area contributed by atoms with Gasteiger partial charge in [-0.3, -0.25) is 10.1 Å². The van der Waals surface area contributed by atoms with Crippen LogP contribution in [0.3, 0.4) is 0 Å². The average Bonchev–Trinajstić information content (AvgIpc) is 2.79. The van der Waals surface area contributed by atoms with Gasteiger partial charge in [-0.15, -0.1) is 11.3 Å². The van der Waals surface area contributed by atoms with Crippen molar-refractivity contribution in [3.63, 3.8) is 0 Å². The number of nitrogens with one attached hydrogen (secondary N) is 2. The summed E-state index contributed by atoms with van der Waals surface area (Å²) in [6, 6.07) is 3.48. The van der Waals surface area contributed by atoms with Gasteiger partial charge >= 0.3 is 0 Å². The van der Waals surface area contributed by atoms with Crippen LogP contribution in [-0.2, 0) is 4.74 Å². The Labute approximate surface area is 125 Å². The van der Waals surface area contributed by atoms with Gasteiger partial charge in [0.2, 0.25) is 3.79 Å². The van der Waals surface area contributed by atoms with Crippen LogP contribution in [0.5, 0.6) is 0 Å². The second kappa shape index (κ2) is 7.53. The molecule has 1 amide bonds. The molecule has 1 heterocycles. The Kier molecular flexibility index (Phi) is 6.70. The Bertz CT molecular complexity index is 368. The van der Waals surface area contributed by atoms with E-state index >= 15 is 0 Å². The Balaban J connectivity index is 2.58. The highest BCUT2D eigenvalue weighted by molar-refractivity contribution is 7.12. The summed E-state index contributed by atoms with van der Waals surface area (Å²) in [5.74, 6) is -0.286. The summed E-state index contributed by atoms with van der Waals surface area (Å²) in [5.41, 5.74) is 0. The molecular formula is C10H13Cl3N2O2S. The first-order valence-electron chi connectivity index (χ1n) is 5.08. The van der Waals surface area contributed by atoms with Crippen LogP contribution in [0, 0.1) is 0 Å². The molecule has 0 aromatic carbocycles. The molecule has 102 valence electrons. The molecule has 0 saturated heterocycles. The van der Waals surface area contributed by atoms with E-state index in [1.54, 1.807) is 24.6 Å². The summed E-state index contributed by atoms with van der Waals surface area (Å²) in [4.78, 5) is 12.4. The van der Waals surface area contributed by atoms with Gasteiger partial charge in [-0.25, -0.2) is 0 Å². The normalized spacial score (nSPS) is 13.3. The van der Waals surface area contributed by atoms with Gasteiger partial charge in [0.1, 0.15) is 6.17 Å². The minimum absolute atomic E-state index is 0.286. The molecule has 18 heavy (non-hydrogen) atoms. The Morgan fingerprint density at radius 3 is 2.78 bits per heavy atom. The van der Waals surface area contributed by atoms with Crippen molar-refractivity contribution in [1.82, 2.24) is 10.6 Å². The van der Waals surface area contributed by atoms with Gasteiger partial charge in [0.15, 0.2) is 0 Å². The van der Waals surface area contributed by atoms with Gasteiger partial charge in [-0.1, -0.05) is 40.9 Å². The number of hydrogen-bond donors (Lipinski definition) is 2. The number of ether oxygens (including phenoxy) is 1. The molecule has 4 nitrogen and oxygen atoms in total. The number of amides is 1. The van der Waals surface area contributed by atoms with Crippen molar-refractivity contribution < 1.29 is 9.53 Å². The third-order valence-electron chi connectivity index (χ3n) is 2.00. The van der Waals surface area contributed by atoms with Crippen molar-refractivity contribution in [2.24, 2.45) is 0 Å². The van der Waals surface area contributed by atoms with E-state index < -0.39 is 9.96 Å². The Morgan fingerprint density at radius 1 is 1.56 bits per heavy atom. The zero-order chi connectivity index (χ0) is 13.6. The van der Waals surface area contributed by atoms with E-state index in [1.807, 2.05) is 0 Å². The van der Waals surface area contributed by atoms with Gasteiger partial charge in [0.25, 0.3) is 5.91 Å². The van der Waals surface area contributed by atoms with E-state index in [0.717, 1.165) is 0 Å². The van der Waals surface area contributed by atoms with Gasteiger partial charge in [0.05, 0.1) is 11.5 Å². The second-order valence-corrected chi connectivity index (χ2v) is 6.69. The predicted molar refractivity (Wildman–Crippen MR) is 75.7 cm³/mol. The van der Waals surface area contributed by atoms with Crippen LogP contribution in [-0.4, -0.2) is 36.1 Å². The SMILES string of the molecule is COCCNC(NC(=O)c1cccs1)C(Cl)(Cl)Cl. The minimum Gasteiger partial charge on any atom is -0.383 e. The zero-order valence-corrected chi connectivity index (χ0v) is 12.7. The van der Waals surface area contributed by atoms with Crippen molar-refractivity contribution in [3.8, 4) is 0 Å². The molecule has 1 aromatic rings. The minimum atomic E-state index is -1.64. The standard InChI is InChI=1S/C10H13Cl3N2O2S/c1-17-5-4-14-9(10(11,12)13)15-8(16)7-3-2-6-18-7/h2-3,6,9,14H,4-5H2,1H3,(H,15,16). The molecule has 0 fully saturated rings. The van der Waals surface area contributed by atoms with Crippen molar-refractivity contribution in [1.29, 1.82) is 0 Å². The first-order chi connectivity index (χ1) is 8.45. The first kappa shape index (κ1) is 16.0. The van der Waals surface area contributed by atoms with Gasteiger partial charge in [0, 0.05) is 13.7 Å². The fourth-order valence-corrected chi connectivity index (χ4v) is 2.19. The summed E-state index contributed by atoms with van der Waals surface area (Å²) in [5, 5.41) is 7.34. The fraction of sp³-hybridized carbons (Fsp3) is 0.500. The van der Waals surface area contributed by atoms with Crippen molar-refractivity contribution in [3.05, 3.63) is 22.4 Å². The monoisotopic (exact) mass is 330 g/mol. The molecule has 0 aliphatic heterocycles. The number of thiophene rings is 1. The second-order valence-electron chi connectivity index (χ2n) is 3.37. The number of hydrogen-bond acceptors (Lipinski definition) is 4. The van der Waals surface area contributed by atoms with E-state index in [9.17, 15) is 4.79 Å². The van der Waals surface area contributed by atoms with Crippen LogP contribution >= 0.6 is 46.1 Å². The zero-order valence-electron chi connectivity index (χ0n) is 9.58. The molecule has 1 atom stereocenters.